The molecule has 0 heterocycles. The molecule has 0 aromatic heterocycles. The molecule has 0 amide bonds. The Morgan fingerprint density at radius 3 is 1.81 bits per heavy atom. The van der Waals surface area contributed by atoms with Crippen LogP contribution in [0.1, 0.15) is 47.6 Å². The van der Waals surface area contributed by atoms with Crippen molar-refractivity contribution in [1.29, 1.82) is 0 Å². The van der Waals surface area contributed by atoms with E-state index in [1.165, 1.54) is 41.5 Å². The minimum atomic E-state index is 0. The number of hydrogen-bond acceptors (Lipinski definition) is 0. The first-order valence-electron chi connectivity index (χ1n) is 6.98. The van der Waals surface area contributed by atoms with Crippen molar-refractivity contribution in [2.45, 2.75) is 53.9 Å². The molecule has 21 heavy (non-hydrogen) atoms. The first-order valence-corrected chi connectivity index (χ1v) is 6.98. The average molecular weight is 372 g/mol. The van der Waals surface area contributed by atoms with Crippen LogP contribution in [-0.4, -0.2) is 0 Å². The Bertz CT molecular complexity index is 413. The minimum absolute atomic E-state index is 0. The third kappa shape index (κ3) is 7.31. The number of unbranched alkanes of at least 4 members (excludes halogenated alkanes) is 1. The van der Waals surface area contributed by atoms with Gasteiger partial charge in [-0.25, -0.2) is 12.1 Å². The van der Waals surface area contributed by atoms with E-state index in [1.54, 1.807) is 5.56 Å². The maximum absolute atomic E-state index is 2.26. The molecule has 0 fully saturated rings. The summed E-state index contributed by atoms with van der Waals surface area (Å²) < 4.78 is 0. The molecule has 0 saturated carbocycles. The molecule has 0 nitrogen and oxygen atoms in total. The molecule has 116 valence electrons. The largest absolute Gasteiger partial charge is 4.00 e. The van der Waals surface area contributed by atoms with Gasteiger partial charge in [-0.15, -0.1) is 0 Å². The molecule has 2 aromatic rings. The quantitative estimate of drug-likeness (QED) is 0.632. The van der Waals surface area contributed by atoms with E-state index in [1.807, 2.05) is 30.3 Å². The van der Waals surface area contributed by atoms with Crippen molar-refractivity contribution >= 4 is 0 Å². The van der Waals surface area contributed by atoms with Crippen molar-refractivity contribution in [3.8, 4) is 0 Å². The summed E-state index contributed by atoms with van der Waals surface area (Å²) in [4.78, 5) is 0. The summed E-state index contributed by atoms with van der Waals surface area (Å²) >= 11 is 0. The van der Waals surface area contributed by atoms with E-state index < -0.39 is 0 Å². The van der Waals surface area contributed by atoms with Gasteiger partial charge in [0.15, 0.2) is 0 Å². The van der Waals surface area contributed by atoms with Crippen LogP contribution in [0.25, 0.3) is 0 Å². The molecule has 2 rings (SSSR count). The van der Waals surface area contributed by atoms with Crippen molar-refractivity contribution in [2.75, 3.05) is 0 Å². The molecular formula is C18H26F2Zr. The van der Waals surface area contributed by atoms with Crippen LogP contribution in [0, 0.1) is 27.7 Å². The first-order chi connectivity index (χ1) is 8.59. The van der Waals surface area contributed by atoms with Crippen molar-refractivity contribution < 1.29 is 35.6 Å². The van der Waals surface area contributed by atoms with Gasteiger partial charge in [-0.05, 0) is 0 Å². The third-order valence-corrected chi connectivity index (χ3v) is 3.93. The third-order valence-electron chi connectivity index (χ3n) is 3.93. The zero-order chi connectivity index (χ0) is 13.5. The Morgan fingerprint density at radius 1 is 1.00 bits per heavy atom. The summed E-state index contributed by atoms with van der Waals surface area (Å²) in [6.45, 7) is 11.3. The van der Waals surface area contributed by atoms with E-state index in [-0.39, 0.29) is 35.6 Å². The molecule has 3 heteroatoms. The Morgan fingerprint density at radius 2 is 1.52 bits per heavy atom. The van der Waals surface area contributed by atoms with Crippen LogP contribution in [0.5, 0.6) is 0 Å². The maximum Gasteiger partial charge on any atom is 4.00 e. The van der Waals surface area contributed by atoms with Gasteiger partial charge in [0.2, 0.25) is 0 Å². The van der Waals surface area contributed by atoms with E-state index in [4.69, 9.17) is 0 Å². The van der Waals surface area contributed by atoms with Gasteiger partial charge in [0, 0.05) is 0 Å². The Kier molecular flexibility index (Phi) is 15.9. The van der Waals surface area contributed by atoms with Crippen LogP contribution in [-0.2, 0) is 32.6 Å². The zero-order valence-electron chi connectivity index (χ0n) is 13.8. The van der Waals surface area contributed by atoms with Gasteiger partial charge in [0.25, 0.3) is 0 Å². The van der Waals surface area contributed by atoms with Crippen molar-refractivity contribution in [2.24, 2.45) is 0 Å². The molecule has 0 spiro atoms. The average Bonchev–Trinajstić information content (AvgIpc) is 3.00. The molecule has 0 N–H and O–H groups in total. The van der Waals surface area contributed by atoms with Crippen LogP contribution in [0.2, 0.25) is 0 Å². The van der Waals surface area contributed by atoms with Gasteiger partial charge in [-0.2, -0.15) is 46.0 Å². The van der Waals surface area contributed by atoms with E-state index in [9.17, 15) is 0 Å². The molecular weight excluding hydrogens is 345 g/mol. The summed E-state index contributed by atoms with van der Waals surface area (Å²) in [7, 11) is 0. The molecule has 0 aliphatic heterocycles. The first kappa shape index (κ1) is 25.4. The number of rotatable bonds is 3. The molecule has 0 unspecified atom stereocenters. The fraction of sp³-hybridized carbons (Fsp3) is 0.444. The molecule has 0 aliphatic carbocycles. The summed E-state index contributed by atoms with van der Waals surface area (Å²) in [6, 6.07) is 10.0. The second-order valence-corrected chi connectivity index (χ2v) is 5.04. The summed E-state index contributed by atoms with van der Waals surface area (Å²) in [5.74, 6) is 0. The molecule has 0 bridgehead atoms. The van der Waals surface area contributed by atoms with Crippen LogP contribution in [0.3, 0.4) is 0 Å². The molecule has 0 radical (unpaired) electrons. The summed E-state index contributed by atoms with van der Waals surface area (Å²) in [5.41, 5.74) is 7.68. The predicted octanol–water partition coefficient (Wildman–Crippen LogP) is -0.607. The summed E-state index contributed by atoms with van der Waals surface area (Å²) in [5, 5.41) is 0. The number of hydrogen-bond donors (Lipinski definition) is 0. The fourth-order valence-electron chi connectivity index (χ4n) is 2.35. The normalized spacial score (nSPS) is 8.62. The van der Waals surface area contributed by atoms with Gasteiger partial charge in [-0.3, -0.25) is 0 Å². The minimum Gasteiger partial charge on any atom is -1.00 e. The predicted molar refractivity (Wildman–Crippen MR) is 81.6 cm³/mol. The molecule has 2 aromatic carbocycles. The van der Waals surface area contributed by atoms with E-state index >= 15 is 0 Å². The van der Waals surface area contributed by atoms with Crippen LogP contribution < -0.4 is 9.41 Å². The summed E-state index contributed by atoms with van der Waals surface area (Å²) in [6.07, 6.45) is 3.88. The van der Waals surface area contributed by atoms with Crippen molar-refractivity contribution in [1.82, 2.24) is 0 Å². The van der Waals surface area contributed by atoms with Gasteiger partial charge >= 0.3 is 26.2 Å². The van der Waals surface area contributed by atoms with Gasteiger partial charge in [0.05, 0.1) is 0 Å². The maximum atomic E-state index is 2.26. The Labute approximate surface area is 147 Å². The van der Waals surface area contributed by atoms with Crippen LogP contribution >= 0.6 is 0 Å². The van der Waals surface area contributed by atoms with E-state index in [0.717, 1.165) is 0 Å². The second kappa shape index (κ2) is 13.1. The molecule has 0 saturated heterocycles. The second-order valence-electron chi connectivity index (χ2n) is 5.04. The standard InChI is InChI=1S/C13H21.C5H5.2FH.Zr/c1-6-7-8-13-11(4)9(2)10(3)12(13)5;1-2-4-5-3-1;;;/h6-8H2,1-5H3;1-5H;2*1H;/q2*-1;;;+4/p-2. The smallest absolute Gasteiger partial charge is 1.00 e. The van der Waals surface area contributed by atoms with Crippen LogP contribution in [0.4, 0.5) is 0 Å². The van der Waals surface area contributed by atoms with E-state index in [0.29, 0.717) is 0 Å². The fourth-order valence-corrected chi connectivity index (χ4v) is 2.35. The SMILES string of the molecule is CCCCc1c(C)c(C)c(C)[c-]1C.[F-].[F-].[Zr+4].c1cc[cH-]c1. The van der Waals surface area contributed by atoms with Gasteiger partial charge in [-0.1, -0.05) is 53.9 Å². The monoisotopic (exact) mass is 370 g/mol. The van der Waals surface area contributed by atoms with Crippen molar-refractivity contribution in [3.63, 3.8) is 0 Å². The van der Waals surface area contributed by atoms with Crippen LogP contribution in [0.15, 0.2) is 30.3 Å². The van der Waals surface area contributed by atoms with Crippen molar-refractivity contribution in [3.05, 3.63) is 58.1 Å². The number of halogens is 2. The Balaban J connectivity index is -0.000000349. The molecule has 0 atom stereocenters. The zero-order valence-corrected chi connectivity index (χ0v) is 16.2. The molecule has 0 aliphatic rings. The van der Waals surface area contributed by atoms with Gasteiger partial charge < -0.3 is 9.41 Å². The van der Waals surface area contributed by atoms with E-state index in [2.05, 4.69) is 34.6 Å². The van der Waals surface area contributed by atoms with Gasteiger partial charge in [0.1, 0.15) is 0 Å². The Hall–Kier alpha value is -0.557. The topological polar surface area (TPSA) is 0 Å².